The summed E-state index contributed by atoms with van der Waals surface area (Å²) in [6.07, 6.45) is -2.62. The van der Waals surface area contributed by atoms with E-state index in [4.69, 9.17) is 11.6 Å². The third kappa shape index (κ3) is 3.80. The molecule has 0 aromatic heterocycles. The summed E-state index contributed by atoms with van der Waals surface area (Å²) in [4.78, 5) is 1.95. The van der Waals surface area contributed by atoms with Gasteiger partial charge in [0.25, 0.3) is 0 Å². The van der Waals surface area contributed by atoms with Crippen molar-refractivity contribution in [2.75, 3.05) is 26.2 Å². The Kier molecular flexibility index (Phi) is 5.47. The van der Waals surface area contributed by atoms with Gasteiger partial charge in [-0.1, -0.05) is 17.7 Å². The lowest BCUT2D eigenvalue weighted by molar-refractivity contribution is -0.137. The fourth-order valence-electron chi connectivity index (χ4n) is 2.64. The molecule has 7 heteroatoms. The maximum Gasteiger partial charge on any atom is 0.416 e. The Hall–Kier alpha value is -1.11. The summed E-state index contributed by atoms with van der Waals surface area (Å²) < 4.78 is 53.2. The van der Waals surface area contributed by atoms with Gasteiger partial charge in [0.15, 0.2) is 0 Å². The number of alkyl halides is 3. The van der Waals surface area contributed by atoms with E-state index in [1.165, 1.54) is 0 Å². The molecular formula is C15H17ClF4N2. The molecule has 0 aliphatic carbocycles. The van der Waals surface area contributed by atoms with Crippen LogP contribution in [0.25, 0.3) is 0 Å². The van der Waals surface area contributed by atoms with Gasteiger partial charge in [-0.3, -0.25) is 4.90 Å². The molecule has 0 bridgehead atoms. The van der Waals surface area contributed by atoms with Crippen molar-refractivity contribution >= 4 is 11.6 Å². The Morgan fingerprint density at radius 1 is 1.32 bits per heavy atom. The van der Waals surface area contributed by atoms with Crippen LogP contribution in [0.4, 0.5) is 17.6 Å². The van der Waals surface area contributed by atoms with Crippen LogP contribution in [-0.4, -0.2) is 31.1 Å². The first-order valence-electron chi connectivity index (χ1n) is 6.96. The smallest absolute Gasteiger partial charge is 0.314 e. The molecule has 2 nitrogen and oxygen atoms in total. The van der Waals surface area contributed by atoms with E-state index in [2.05, 4.69) is 11.9 Å². The molecule has 2 rings (SSSR count). The van der Waals surface area contributed by atoms with Crippen molar-refractivity contribution in [2.24, 2.45) is 0 Å². The highest BCUT2D eigenvalue weighted by Gasteiger charge is 2.34. The predicted molar refractivity (Wildman–Crippen MR) is 78.4 cm³/mol. The highest BCUT2D eigenvalue weighted by molar-refractivity contribution is 6.30. The second-order valence-corrected chi connectivity index (χ2v) is 5.59. The number of nitrogens with one attached hydrogen (secondary N) is 1. The number of piperazine rings is 1. The van der Waals surface area contributed by atoms with Crippen molar-refractivity contribution < 1.29 is 17.6 Å². The van der Waals surface area contributed by atoms with Gasteiger partial charge < -0.3 is 5.32 Å². The molecule has 1 fully saturated rings. The van der Waals surface area contributed by atoms with E-state index in [0.717, 1.165) is 6.07 Å². The molecule has 1 N–H and O–H groups in total. The van der Waals surface area contributed by atoms with Crippen LogP contribution in [0.3, 0.4) is 0 Å². The first-order valence-corrected chi connectivity index (χ1v) is 7.34. The number of hydrogen-bond acceptors (Lipinski definition) is 2. The number of rotatable bonds is 4. The number of benzene rings is 1. The Balaban J connectivity index is 2.45. The highest BCUT2D eigenvalue weighted by Crippen LogP contribution is 2.37. The molecule has 0 radical (unpaired) electrons. The minimum Gasteiger partial charge on any atom is -0.314 e. The Bertz CT molecular complexity index is 539. The molecule has 22 heavy (non-hydrogen) atoms. The van der Waals surface area contributed by atoms with Crippen molar-refractivity contribution in [1.29, 1.82) is 0 Å². The molecule has 1 aromatic rings. The second kappa shape index (κ2) is 6.98. The summed E-state index contributed by atoms with van der Waals surface area (Å²) in [5.41, 5.74) is -0.959. The predicted octanol–water partition coefficient (Wildman–Crippen LogP) is 4.02. The highest BCUT2D eigenvalue weighted by atomic mass is 35.5. The van der Waals surface area contributed by atoms with Crippen molar-refractivity contribution in [3.8, 4) is 0 Å². The van der Waals surface area contributed by atoms with Gasteiger partial charge in [-0.25, -0.2) is 4.39 Å². The zero-order valence-corrected chi connectivity index (χ0v) is 12.6. The Morgan fingerprint density at radius 3 is 2.50 bits per heavy atom. The monoisotopic (exact) mass is 336 g/mol. The van der Waals surface area contributed by atoms with Gasteiger partial charge in [0.2, 0.25) is 0 Å². The summed E-state index contributed by atoms with van der Waals surface area (Å²) in [5, 5.41) is 2.65. The minimum atomic E-state index is -4.56. The largest absolute Gasteiger partial charge is 0.416 e. The lowest BCUT2D eigenvalue weighted by Crippen LogP contribution is -2.45. The third-order valence-corrected chi connectivity index (χ3v) is 4.00. The average molecular weight is 337 g/mol. The van der Waals surface area contributed by atoms with E-state index in [1.807, 2.05) is 4.90 Å². The van der Waals surface area contributed by atoms with Crippen LogP contribution in [0.2, 0.25) is 5.02 Å². The van der Waals surface area contributed by atoms with Gasteiger partial charge in [-0.2, -0.15) is 13.2 Å². The van der Waals surface area contributed by atoms with Crippen LogP contribution in [0.1, 0.15) is 23.6 Å². The zero-order chi connectivity index (χ0) is 16.3. The van der Waals surface area contributed by atoms with Gasteiger partial charge >= 0.3 is 6.18 Å². The van der Waals surface area contributed by atoms with E-state index in [0.29, 0.717) is 38.7 Å². The molecule has 0 spiro atoms. The van der Waals surface area contributed by atoms with Crippen molar-refractivity contribution in [2.45, 2.75) is 18.6 Å². The lowest BCUT2D eigenvalue weighted by atomic mass is 9.98. The van der Waals surface area contributed by atoms with Crippen LogP contribution in [0.5, 0.6) is 0 Å². The zero-order valence-electron chi connectivity index (χ0n) is 11.9. The molecule has 0 unspecified atom stereocenters. The molecule has 1 aliphatic heterocycles. The molecule has 1 heterocycles. The van der Waals surface area contributed by atoms with Crippen LogP contribution < -0.4 is 5.32 Å². The number of nitrogens with zero attached hydrogens (tertiary/aromatic N) is 1. The topological polar surface area (TPSA) is 15.3 Å². The first kappa shape index (κ1) is 17.2. The molecular weight excluding hydrogens is 320 g/mol. The molecule has 0 saturated carbocycles. The standard InChI is InChI=1S/C15H17ClF4N2/c1-2-3-13(22-6-4-21-5-7-22)11-8-10(15(18,19)20)9-12(16)14(11)17/h2,8-9,13,21H,1,3-7H2/t13-/m0/s1. The minimum absolute atomic E-state index is 0.0263. The molecule has 1 aromatic carbocycles. The van der Waals surface area contributed by atoms with Crippen molar-refractivity contribution in [3.05, 3.63) is 46.8 Å². The summed E-state index contributed by atoms with van der Waals surface area (Å²) in [5.74, 6) is -0.792. The van der Waals surface area contributed by atoms with Gasteiger partial charge in [0, 0.05) is 37.8 Å². The first-order chi connectivity index (χ1) is 10.3. The van der Waals surface area contributed by atoms with Gasteiger partial charge in [0.1, 0.15) is 5.82 Å². The van der Waals surface area contributed by atoms with Crippen molar-refractivity contribution in [1.82, 2.24) is 10.2 Å². The van der Waals surface area contributed by atoms with Crippen LogP contribution in [0.15, 0.2) is 24.8 Å². The molecule has 1 aliphatic rings. The fourth-order valence-corrected chi connectivity index (χ4v) is 2.87. The quantitative estimate of drug-likeness (QED) is 0.660. The average Bonchev–Trinajstić information content (AvgIpc) is 2.47. The van der Waals surface area contributed by atoms with E-state index in [9.17, 15) is 17.6 Å². The van der Waals surface area contributed by atoms with E-state index >= 15 is 0 Å². The summed E-state index contributed by atoms with van der Waals surface area (Å²) in [7, 11) is 0. The van der Waals surface area contributed by atoms with Crippen LogP contribution >= 0.6 is 11.6 Å². The van der Waals surface area contributed by atoms with Crippen molar-refractivity contribution in [3.63, 3.8) is 0 Å². The summed E-state index contributed by atoms with van der Waals surface area (Å²) in [6, 6.07) is 0.986. The Morgan fingerprint density at radius 2 is 1.95 bits per heavy atom. The van der Waals surface area contributed by atoms with E-state index in [1.54, 1.807) is 6.08 Å². The molecule has 1 atom stereocenters. The molecule has 122 valence electrons. The van der Waals surface area contributed by atoms with E-state index < -0.39 is 28.6 Å². The van der Waals surface area contributed by atoms with Gasteiger partial charge in [-0.15, -0.1) is 6.58 Å². The molecule has 1 saturated heterocycles. The summed E-state index contributed by atoms with van der Waals surface area (Å²) >= 11 is 5.68. The summed E-state index contributed by atoms with van der Waals surface area (Å²) in [6.45, 7) is 6.31. The SMILES string of the molecule is C=CC[C@@H](c1cc(C(F)(F)F)cc(Cl)c1F)N1CCNCC1. The van der Waals surface area contributed by atoms with Crippen LogP contribution in [-0.2, 0) is 6.18 Å². The Labute approximate surface area is 131 Å². The molecule has 0 amide bonds. The number of halogens is 5. The lowest BCUT2D eigenvalue weighted by Gasteiger charge is -2.35. The fraction of sp³-hybridized carbons (Fsp3) is 0.467. The second-order valence-electron chi connectivity index (χ2n) is 5.19. The normalized spacial score (nSPS) is 18.2. The third-order valence-electron chi connectivity index (χ3n) is 3.72. The van der Waals surface area contributed by atoms with E-state index in [-0.39, 0.29) is 5.56 Å². The van der Waals surface area contributed by atoms with Gasteiger partial charge in [0.05, 0.1) is 10.6 Å². The maximum atomic E-state index is 14.3. The maximum absolute atomic E-state index is 14.3. The van der Waals surface area contributed by atoms with Crippen LogP contribution in [0, 0.1) is 5.82 Å². The number of hydrogen-bond donors (Lipinski definition) is 1. The van der Waals surface area contributed by atoms with Gasteiger partial charge in [-0.05, 0) is 18.6 Å².